The Kier molecular flexibility index (Phi) is 6.29. The predicted molar refractivity (Wildman–Crippen MR) is 116 cm³/mol. The lowest BCUT2D eigenvalue weighted by Crippen LogP contribution is -2.16. The summed E-state index contributed by atoms with van der Waals surface area (Å²) in [6, 6.07) is 9.59. The van der Waals surface area contributed by atoms with Crippen molar-refractivity contribution < 1.29 is 22.6 Å². The van der Waals surface area contributed by atoms with Gasteiger partial charge in [0.2, 0.25) is 5.82 Å². The van der Waals surface area contributed by atoms with E-state index in [0.29, 0.717) is 24.7 Å². The van der Waals surface area contributed by atoms with Crippen molar-refractivity contribution in [3.8, 4) is 17.4 Å². The molecule has 0 saturated heterocycles. The molecule has 0 unspecified atom stereocenters. The first kappa shape index (κ1) is 21.8. The van der Waals surface area contributed by atoms with Crippen LogP contribution >= 0.6 is 34.8 Å². The highest BCUT2D eigenvalue weighted by Gasteiger charge is 2.23. The van der Waals surface area contributed by atoms with Gasteiger partial charge in [-0.3, -0.25) is 4.72 Å². The van der Waals surface area contributed by atoms with Crippen LogP contribution in [-0.4, -0.2) is 31.6 Å². The molecule has 2 aromatic carbocycles. The number of halogens is 3. The van der Waals surface area contributed by atoms with E-state index in [0.717, 1.165) is 5.56 Å². The summed E-state index contributed by atoms with van der Waals surface area (Å²) in [5.74, 6) is 0.979. The molecule has 0 fully saturated rings. The van der Waals surface area contributed by atoms with Crippen molar-refractivity contribution in [2.75, 3.05) is 17.9 Å². The Hall–Kier alpha value is -2.46. The Morgan fingerprint density at radius 3 is 2.65 bits per heavy atom. The highest BCUT2D eigenvalue weighted by molar-refractivity contribution is 7.92. The summed E-state index contributed by atoms with van der Waals surface area (Å²) in [6.45, 7) is 0.995. The molecule has 0 radical (unpaired) electrons. The molecule has 0 saturated carbocycles. The minimum atomic E-state index is -4.13. The topological polar surface area (TPSA) is 99.6 Å². The molecule has 1 aliphatic rings. The number of sulfonamides is 1. The van der Waals surface area contributed by atoms with Crippen molar-refractivity contribution >= 4 is 50.6 Å². The van der Waals surface area contributed by atoms with Gasteiger partial charge >= 0.3 is 0 Å². The lowest BCUT2D eigenvalue weighted by molar-refractivity contribution is 0.171. The van der Waals surface area contributed by atoms with Crippen molar-refractivity contribution in [2.45, 2.75) is 11.5 Å². The highest BCUT2D eigenvalue weighted by atomic mass is 35.5. The van der Waals surface area contributed by atoms with Gasteiger partial charge in [-0.2, -0.15) is 4.98 Å². The van der Waals surface area contributed by atoms with Crippen LogP contribution in [0.5, 0.6) is 17.4 Å². The van der Waals surface area contributed by atoms with Gasteiger partial charge in [0.05, 0.1) is 16.2 Å². The molecule has 1 N–H and O–H groups in total. The Morgan fingerprint density at radius 2 is 1.84 bits per heavy atom. The fraction of sp³-hybridized carbons (Fsp3) is 0.158. The standard InChI is InChI=1S/C19H14Cl3N3O5S/c20-12-2-1-3-15(17(12)22)31(26,27)25-18-19(24-16(21)9-23-18)30-10-11-4-5-13-14(8-11)29-7-6-28-13/h1-5,8-9H,6-7,10H2,(H,23,25). The zero-order chi connectivity index (χ0) is 22.0. The minimum absolute atomic E-state index is 0.0286. The van der Waals surface area contributed by atoms with Gasteiger partial charge in [-0.05, 0) is 29.8 Å². The zero-order valence-electron chi connectivity index (χ0n) is 15.6. The van der Waals surface area contributed by atoms with E-state index >= 15 is 0 Å². The van der Waals surface area contributed by atoms with Crippen LogP contribution < -0.4 is 18.9 Å². The van der Waals surface area contributed by atoms with E-state index in [1.54, 1.807) is 18.2 Å². The van der Waals surface area contributed by atoms with E-state index in [4.69, 9.17) is 49.0 Å². The monoisotopic (exact) mass is 501 g/mol. The summed E-state index contributed by atoms with van der Waals surface area (Å²) in [7, 11) is -4.13. The van der Waals surface area contributed by atoms with Crippen LogP contribution in [0.3, 0.4) is 0 Å². The molecule has 1 aliphatic heterocycles. The SMILES string of the molecule is O=S(=O)(Nc1ncc(Cl)nc1OCc1ccc2c(c1)OCCO2)c1cccc(Cl)c1Cl. The predicted octanol–water partition coefficient (Wildman–Crippen LogP) is 4.59. The number of benzene rings is 2. The molecule has 4 rings (SSSR count). The van der Waals surface area contributed by atoms with Crippen molar-refractivity contribution in [1.82, 2.24) is 9.97 Å². The fourth-order valence-electron chi connectivity index (χ4n) is 2.73. The summed E-state index contributed by atoms with van der Waals surface area (Å²) in [4.78, 5) is 7.81. The number of fused-ring (bicyclic) bond motifs is 1. The molecular weight excluding hydrogens is 489 g/mol. The Morgan fingerprint density at radius 1 is 1.06 bits per heavy atom. The van der Waals surface area contributed by atoms with Gasteiger partial charge in [-0.25, -0.2) is 13.4 Å². The Labute approximate surface area is 193 Å². The van der Waals surface area contributed by atoms with Crippen LogP contribution in [0.25, 0.3) is 0 Å². The maximum Gasteiger partial charge on any atom is 0.264 e. The second kappa shape index (κ2) is 8.96. The largest absolute Gasteiger partial charge is 0.486 e. The van der Waals surface area contributed by atoms with Gasteiger partial charge < -0.3 is 14.2 Å². The van der Waals surface area contributed by atoms with Crippen molar-refractivity contribution in [2.24, 2.45) is 0 Å². The number of hydrogen-bond donors (Lipinski definition) is 1. The van der Waals surface area contributed by atoms with Crippen LogP contribution in [0.15, 0.2) is 47.5 Å². The molecule has 162 valence electrons. The fourth-order valence-corrected chi connectivity index (χ4v) is 4.62. The third-order valence-electron chi connectivity index (χ3n) is 4.13. The van der Waals surface area contributed by atoms with E-state index in [2.05, 4.69) is 14.7 Å². The summed E-state index contributed by atoms with van der Waals surface area (Å²) >= 11 is 17.9. The smallest absolute Gasteiger partial charge is 0.264 e. The summed E-state index contributed by atoms with van der Waals surface area (Å²) < 4.78 is 44.7. The number of nitrogens with zero attached hydrogens (tertiary/aromatic N) is 2. The lowest BCUT2D eigenvalue weighted by atomic mass is 10.2. The van der Waals surface area contributed by atoms with Crippen molar-refractivity contribution in [3.63, 3.8) is 0 Å². The normalized spacial score (nSPS) is 13.0. The summed E-state index contributed by atoms with van der Waals surface area (Å²) in [5, 5.41) is 0.0139. The third-order valence-corrected chi connectivity index (χ3v) is 6.62. The first-order valence-corrected chi connectivity index (χ1v) is 11.5. The average Bonchev–Trinajstić information content (AvgIpc) is 2.75. The van der Waals surface area contributed by atoms with E-state index in [-0.39, 0.29) is 38.4 Å². The molecule has 3 aromatic rings. The number of rotatable bonds is 6. The van der Waals surface area contributed by atoms with Gasteiger partial charge in [-0.15, -0.1) is 0 Å². The first-order valence-electron chi connectivity index (χ1n) is 8.84. The first-order chi connectivity index (χ1) is 14.8. The highest BCUT2D eigenvalue weighted by Crippen LogP contribution is 2.33. The van der Waals surface area contributed by atoms with E-state index in [1.807, 2.05) is 0 Å². The summed E-state index contributed by atoms with van der Waals surface area (Å²) in [6.07, 6.45) is 1.19. The molecule has 12 heteroatoms. The molecule has 0 spiro atoms. The van der Waals surface area contributed by atoms with Crippen LogP contribution in [-0.2, 0) is 16.6 Å². The van der Waals surface area contributed by atoms with Gasteiger partial charge in [0, 0.05) is 0 Å². The summed E-state index contributed by atoms with van der Waals surface area (Å²) in [5.41, 5.74) is 0.748. The minimum Gasteiger partial charge on any atom is -0.486 e. The van der Waals surface area contributed by atoms with Crippen LogP contribution in [0, 0.1) is 0 Å². The second-order valence-electron chi connectivity index (χ2n) is 6.27. The van der Waals surface area contributed by atoms with Gasteiger partial charge in [0.15, 0.2) is 16.7 Å². The second-order valence-corrected chi connectivity index (χ2v) is 9.09. The van der Waals surface area contributed by atoms with E-state index < -0.39 is 10.0 Å². The molecule has 2 heterocycles. The number of nitrogens with one attached hydrogen (secondary N) is 1. The Bertz CT molecular complexity index is 1240. The average molecular weight is 503 g/mol. The van der Waals surface area contributed by atoms with Crippen LogP contribution in [0.1, 0.15) is 5.56 Å². The number of hydrogen-bond acceptors (Lipinski definition) is 7. The van der Waals surface area contributed by atoms with Crippen LogP contribution in [0.2, 0.25) is 15.2 Å². The molecular formula is C19H14Cl3N3O5S. The maximum absolute atomic E-state index is 12.8. The van der Waals surface area contributed by atoms with Crippen molar-refractivity contribution in [1.29, 1.82) is 0 Å². The van der Waals surface area contributed by atoms with E-state index in [9.17, 15) is 8.42 Å². The zero-order valence-corrected chi connectivity index (χ0v) is 18.7. The Balaban J connectivity index is 1.57. The molecule has 0 atom stereocenters. The lowest BCUT2D eigenvalue weighted by Gasteiger charge is -2.19. The number of aromatic nitrogens is 2. The molecule has 31 heavy (non-hydrogen) atoms. The van der Waals surface area contributed by atoms with E-state index in [1.165, 1.54) is 24.4 Å². The quantitative estimate of drug-likeness (QED) is 0.526. The number of ether oxygens (including phenoxy) is 3. The maximum atomic E-state index is 12.8. The molecule has 0 bridgehead atoms. The van der Waals surface area contributed by atoms with Crippen LogP contribution in [0.4, 0.5) is 5.82 Å². The van der Waals surface area contributed by atoms with Crippen molar-refractivity contribution in [3.05, 3.63) is 63.4 Å². The molecule has 0 amide bonds. The van der Waals surface area contributed by atoms with Gasteiger partial charge in [-0.1, -0.05) is 46.9 Å². The molecule has 8 nitrogen and oxygen atoms in total. The van der Waals surface area contributed by atoms with Gasteiger partial charge in [0.1, 0.15) is 24.7 Å². The van der Waals surface area contributed by atoms with Gasteiger partial charge in [0.25, 0.3) is 15.9 Å². The third kappa shape index (κ3) is 4.90. The molecule has 1 aromatic heterocycles. The number of anilines is 1. The molecule has 0 aliphatic carbocycles.